The molecule has 0 radical (unpaired) electrons. The van der Waals surface area contributed by atoms with E-state index in [4.69, 9.17) is 20.4 Å². The Morgan fingerprint density at radius 1 is 1.00 bits per heavy atom. The zero-order valence-corrected chi connectivity index (χ0v) is 9.54. The van der Waals surface area contributed by atoms with Crippen LogP contribution in [0.5, 0.6) is 0 Å². The molecule has 0 atom stereocenters. The van der Waals surface area contributed by atoms with Crippen molar-refractivity contribution in [2.24, 2.45) is 0 Å². The van der Waals surface area contributed by atoms with Crippen LogP contribution in [0.2, 0.25) is 0 Å². The van der Waals surface area contributed by atoms with Crippen LogP contribution in [0.25, 0.3) is 0 Å². The molecular weight excluding hydrogens is 212 g/mol. The second kappa shape index (κ2) is 4.15. The standard InChI is InChI=1S/C12H13ClO2/c1-8-3-5-11(14-8)10(7-13)12-6-4-9(2)15-12/h3-6,10H,7H2,1-2H3. The van der Waals surface area contributed by atoms with E-state index in [0.29, 0.717) is 5.88 Å². The van der Waals surface area contributed by atoms with Gasteiger partial charge in [-0.15, -0.1) is 11.6 Å². The molecule has 0 saturated carbocycles. The van der Waals surface area contributed by atoms with Gasteiger partial charge in [0.15, 0.2) is 0 Å². The number of halogens is 1. The van der Waals surface area contributed by atoms with Crippen LogP contribution >= 0.6 is 11.6 Å². The lowest BCUT2D eigenvalue weighted by Gasteiger charge is -2.07. The Hall–Kier alpha value is -1.15. The number of rotatable bonds is 3. The maximum absolute atomic E-state index is 5.94. The highest BCUT2D eigenvalue weighted by molar-refractivity contribution is 6.18. The zero-order valence-electron chi connectivity index (χ0n) is 8.79. The van der Waals surface area contributed by atoms with E-state index in [2.05, 4.69) is 0 Å². The van der Waals surface area contributed by atoms with Gasteiger partial charge in [0, 0.05) is 5.88 Å². The summed E-state index contributed by atoms with van der Waals surface area (Å²) in [5.41, 5.74) is 0. The highest BCUT2D eigenvalue weighted by atomic mass is 35.5. The molecule has 80 valence electrons. The van der Waals surface area contributed by atoms with E-state index in [1.807, 2.05) is 38.1 Å². The van der Waals surface area contributed by atoms with Crippen molar-refractivity contribution in [2.75, 3.05) is 5.88 Å². The third-order valence-electron chi connectivity index (χ3n) is 2.36. The van der Waals surface area contributed by atoms with Crippen molar-refractivity contribution in [1.29, 1.82) is 0 Å². The van der Waals surface area contributed by atoms with E-state index < -0.39 is 0 Å². The Balaban J connectivity index is 2.32. The van der Waals surface area contributed by atoms with Crippen molar-refractivity contribution in [3.05, 3.63) is 47.3 Å². The quantitative estimate of drug-likeness (QED) is 0.740. The van der Waals surface area contributed by atoms with Gasteiger partial charge >= 0.3 is 0 Å². The third kappa shape index (κ3) is 2.10. The highest BCUT2D eigenvalue weighted by Crippen LogP contribution is 2.28. The molecule has 0 aliphatic heterocycles. The smallest absolute Gasteiger partial charge is 0.116 e. The monoisotopic (exact) mass is 224 g/mol. The molecule has 0 aromatic carbocycles. The SMILES string of the molecule is Cc1ccc(C(CCl)c2ccc(C)o2)o1. The number of aryl methyl sites for hydroxylation is 2. The van der Waals surface area contributed by atoms with Gasteiger partial charge in [0.25, 0.3) is 0 Å². The van der Waals surface area contributed by atoms with Crippen LogP contribution in [-0.2, 0) is 0 Å². The van der Waals surface area contributed by atoms with E-state index in [0.717, 1.165) is 23.0 Å². The molecule has 3 heteroatoms. The minimum absolute atomic E-state index is 0.00840. The Kier molecular flexibility index (Phi) is 2.87. The van der Waals surface area contributed by atoms with Gasteiger partial charge in [-0.25, -0.2) is 0 Å². The molecule has 0 aliphatic rings. The molecule has 0 saturated heterocycles. The number of hydrogen-bond donors (Lipinski definition) is 0. The summed E-state index contributed by atoms with van der Waals surface area (Å²) in [6.45, 7) is 3.84. The maximum atomic E-state index is 5.94. The van der Waals surface area contributed by atoms with Crippen LogP contribution in [0.1, 0.15) is 29.0 Å². The summed E-state index contributed by atoms with van der Waals surface area (Å²) in [6.07, 6.45) is 0. The first kappa shape index (κ1) is 10.4. The van der Waals surface area contributed by atoms with Gasteiger partial charge in [0.2, 0.25) is 0 Å². The molecule has 15 heavy (non-hydrogen) atoms. The van der Waals surface area contributed by atoms with Crippen molar-refractivity contribution in [3.8, 4) is 0 Å². The summed E-state index contributed by atoms with van der Waals surface area (Å²) < 4.78 is 11.1. The average Bonchev–Trinajstić information content (AvgIpc) is 2.78. The summed E-state index contributed by atoms with van der Waals surface area (Å²) in [5, 5.41) is 0. The first-order chi connectivity index (χ1) is 7.20. The molecule has 0 bridgehead atoms. The van der Waals surface area contributed by atoms with Crippen LogP contribution in [0.15, 0.2) is 33.1 Å². The Bertz CT molecular complexity index is 402. The summed E-state index contributed by atoms with van der Waals surface area (Å²) in [6, 6.07) is 7.76. The Labute approximate surface area is 93.8 Å². The number of hydrogen-bond acceptors (Lipinski definition) is 2. The van der Waals surface area contributed by atoms with Crippen molar-refractivity contribution >= 4 is 11.6 Å². The normalized spacial score (nSPS) is 11.2. The van der Waals surface area contributed by atoms with Crippen LogP contribution < -0.4 is 0 Å². The maximum Gasteiger partial charge on any atom is 0.116 e. The molecule has 2 nitrogen and oxygen atoms in total. The molecule has 2 rings (SSSR count). The van der Waals surface area contributed by atoms with Crippen LogP contribution in [-0.4, -0.2) is 5.88 Å². The third-order valence-corrected chi connectivity index (χ3v) is 2.67. The van der Waals surface area contributed by atoms with Gasteiger partial charge in [0.05, 0.1) is 5.92 Å². The van der Waals surface area contributed by atoms with Gasteiger partial charge in [0.1, 0.15) is 23.0 Å². The first-order valence-corrected chi connectivity index (χ1v) is 5.43. The lowest BCUT2D eigenvalue weighted by molar-refractivity contribution is 0.420. The Morgan fingerprint density at radius 3 is 1.73 bits per heavy atom. The minimum Gasteiger partial charge on any atom is -0.466 e. The molecule has 0 N–H and O–H groups in total. The van der Waals surface area contributed by atoms with Gasteiger partial charge in [-0.2, -0.15) is 0 Å². The van der Waals surface area contributed by atoms with Crippen LogP contribution in [0.3, 0.4) is 0 Å². The fourth-order valence-electron chi connectivity index (χ4n) is 1.57. The number of furan rings is 2. The topological polar surface area (TPSA) is 26.3 Å². The van der Waals surface area contributed by atoms with Crippen molar-refractivity contribution in [2.45, 2.75) is 19.8 Å². The zero-order chi connectivity index (χ0) is 10.8. The van der Waals surface area contributed by atoms with Crippen molar-refractivity contribution < 1.29 is 8.83 Å². The molecular formula is C12H13ClO2. The number of alkyl halides is 1. The van der Waals surface area contributed by atoms with Crippen molar-refractivity contribution in [1.82, 2.24) is 0 Å². The van der Waals surface area contributed by atoms with Gasteiger partial charge in [-0.1, -0.05) is 0 Å². The van der Waals surface area contributed by atoms with Crippen LogP contribution in [0, 0.1) is 13.8 Å². The predicted octanol–water partition coefficient (Wildman–Crippen LogP) is 3.86. The fourth-order valence-corrected chi connectivity index (χ4v) is 1.88. The Morgan fingerprint density at radius 2 is 1.47 bits per heavy atom. The summed E-state index contributed by atoms with van der Waals surface area (Å²) in [4.78, 5) is 0. The average molecular weight is 225 g/mol. The van der Waals surface area contributed by atoms with E-state index >= 15 is 0 Å². The molecule has 0 fully saturated rings. The van der Waals surface area contributed by atoms with Gasteiger partial charge in [-0.05, 0) is 38.1 Å². The van der Waals surface area contributed by atoms with Gasteiger partial charge < -0.3 is 8.83 Å². The van der Waals surface area contributed by atoms with E-state index in [1.54, 1.807) is 0 Å². The minimum atomic E-state index is 0.00840. The molecule has 2 aromatic rings. The largest absolute Gasteiger partial charge is 0.466 e. The van der Waals surface area contributed by atoms with Crippen molar-refractivity contribution in [3.63, 3.8) is 0 Å². The van der Waals surface area contributed by atoms with E-state index in [1.165, 1.54) is 0 Å². The van der Waals surface area contributed by atoms with E-state index in [9.17, 15) is 0 Å². The van der Waals surface area contributed by atoms with E-state index in [-0.39, 0.29) is 5.92 Å². The molecule has 0 unspecified atom stereocenters. The summed E-state index contributed by atoms with van der Waals surface area (Å²) in [7, 11) is 0. The predicted molar refractivity (Wildman–Crippen MR) is 59.5 cm³/mol. The second-order valence-corrected chi connectivity index (χ2v) is 3.91. The molecule has 2 aromatic heterocycles. The second-order valence-electron chi connectivity index (χ2n) is 3.60. The summed E-state index contributed by atoms with van der Waals surface area (Å²) >= 11 is 5.94. The molecule has 0 aliphatic carbocycles. The first-order valence-electron chi connectivity index (χ1n) is 4.89. The highest BCUT2D eigenvalue weighted by Gasteiger charge is 2.19. The summed E-state index contributed by atoms with van der Waals surface area (Å²) in [5.74, 6) is 3.97. The fraction of sp³-hybridized carbons (Fsp3) is 0.333. The van der Waals surface area contributed by atoms with Gasteiger partial charge in [-0.3, -0.25) is 0 Å². The molecule has 0 spiro atoms. The lowest BCUT2D eigenvalue weighted by atomic mass is 10.1. The lowest BCUT2D eigenvalue weighted by Crippen LogP contribution is -1.99. The van der Waals surface area contributed by atoms with Crippen LogP contribution in [0.4, 0.5) is 0 Å². The molecule has 2 heterocycles. The molecule has 0 amide bonds.